The molecular formula is C3H8FNO2S. The van der Waals surface area contributed by atoms with Crippen molar-refractivity contribution in [1.29, 1.82) is 0 Å². The molecule has 0 aliphatic rings. The first kappa shape index (κ1) is 7.84. The van der Waals surface area contributed by atoms with Crippen molar-refractivity contribution in [1.82, 2.24) is 4.31 Å². The number of halogens is 1. The number of rotatable bonds is 2. The van der Waals surface area contributed by atoms with Crippen LogP contribution >= 0.6 is 0 Å². The lowest BCUT2D eigenvalue weighted by molar-refractivity contribution is 0.479. The van der Waals surface area contributed by atoms with E-state index in [0.29, 0.717) is 0 Å². The SMILES string of the molecule is CN(C)S(=O)(=O)CF. The number of nitrogens with zero attached hydrogens (tertiary/aromatic N) is 1. The third kappa shape index (κ3) is 1.75. The Balaban J connectivity index is 4.17. The Labute approximate surface area is 48.2 Å². The molecule has 0 radical (unpaired) electrons. The van der Waals surface area contributed by atoms with E-state index in [9.17, 15) is 12.8 Å². The normalized spacial score (nSPS) is 12.5. The summed E-state index contributed by atoms with van der Waals surface area (Å²) >= 11 is 0. The zero-order chi connectivity index (χ0) is 6.78. The van der Waals surface area contributed by atoms with Gasteiger partial charge in [0.15, 0.2) is 0 Å². The van der Waals surface area contributed by atoms with Gasteiger partial charge in [-0.15, -0.1) is 0 Å². The van der Waals surface area contributed by atoms with Crippen LogP contribution in [0.1, 0.15) is 0 Å². The van der Waals surface area contributed by atoms with Crippen LogP contribution in [0, 0.1) is 0 Å². The highest BCUT2D eigenvalue weighted by Crippen LogP contribution is 1.92. The lowest BCUT2D eigenvalue weighted by Crippen LogP contribution is -2.23. The molecular weight excluding hydrogens is 133 g/mol. The van der Waals surface area contributed by atoms with Crippen molar-refractivity contribution in [3.05, 3.63) is 0 Å². The van der Waals surface area contributed by atoms with Crippen molar-refractivity contribution in [3.8, 4) is 0 Å². The summed E-state index contributed by atoms with van der Waals surface area (Å²) < 4.78 is 32.7. The van der Waals surface area contributed by atoms with E-state index in [4.69, 9.17) is 0 Å². The van der Waals surface area contributed by atoms with Crippen molar-refractivity contribution >= 4 is 10.0 Å². The smallest absolute Gasteiger partial charge is 0.232 e. The molecule has 0 unspecified atom stereocenters. The third-order valence-electron chi connectivity index (χ3n) is 0.694. The summed E-state index contributed by atoms with van der Waals surface area (Å²) in [6, 6.07) is -1.32. The van der Waals surface area contributed by atoms with Crippen LogP contribution in [0.25, 0.3) is 0 Å². The number of sulfonamides is 1. The van der Waals surface area contributed by atoms with Gasteiger partial charge in [-0.3, -0.25) is 0 Å². The standard InChI is InChI=1S/C3H8FNO2S/c1-5(2)8(6,7)3-4/h3H2,1-2H3. The van der Waals surface area contributed by atoms with Crippen LogP contribution in [0.2, 0.25) is 0 Å². The Bertz CT molecular complexity index is 151. The molecule has 0 fully saturated rings. The second kappa shape index (κ2) is 2.41. The molecule has 0 heterocycles. The molecule has 0 saturated carbocycles. The van der Waals surface area contributed by atoms with Crippen LogP contribution in [0.15, 0.2) is 0 Å². The molecule has 8 heavy (non-hydrogen) atoms. The first-order valence-electron chi connectivity index (χ1n) is 1.97. The third-order valence-corrected chi connectivity index (χ3v) is 2.08. The summed E-state index contributed by atoms with van der Waals surface area (Å²) in [5.74, 6) is 0. The quantitative estimate of drug-likeness (QED) is 0.534. The molecule has 0 aromatic rings. The van der Waals surface area contributed by atoms with Crippen LogP contribution in [-0.2, 0) is 10.0 Å². The summed E-state index contributed by atoms with van der Waals surface area (Å²) in [5.41, 5.74) is 0. The van der Waals surface area contributed by atoms with Gasteiger partial charge in [-0.25, -0.2) is 17.1 Å². The second-order valence-corrected chi connectivity index (χ2v) is 3.62. The Kier molecular flexibility index (Phi) is 2.36. The molecule has 0 aliphatic carbocycles. The van der Waals surface area contributed by atoms with E-state index in [1.54, 1.807) is 0 Å². The van der Waals surface area contributed by atoms with Gasteiger partial charge in [0.05, 0.1) is 0 Å². The first-order chi connectivity index (χ1) is 3.50. The molecule has 0 aromatic carbocycles. The molecule has 0 bridgehead atoms. The maximum atomic E-state index is 11.4. The lowest BCUT2D eigenvalue weighted by atomic mass is 11.3. The number of alkyl halides is 1. The Morgan fingerprint density at radius 3 is 1.88 bits per heavy atom. The van der Waals surface area contributed by atoms with Gasteiger partial charge in [0.25, 0.3) is 0 Å². The first-order valence-corrected chi connectivity index (χ1v) is 3.58. The number of hydrogen-bond acceptors (Lipinski definition) is 2. The zero-order valence-electron chi connectivity index (χ0n) is 4.76. The molecule has 0 N–H and O–H groups in total. The van der Waals surface area contributed by atoms with E-state index in [0.717, 1.165) is 4.31 Å². The van der Waals surface area contributed by atoms with Crippen molar-refractivity contribution < 1.29 is 12.8 Å². The summed E-state index contributed by atoms with van der Waals surface area (Å²) in [7, 11) is -0.996. The van der Waals surface area contributed by atoms with Crippen LogP contribution in [0.3, 0.4) is 0 Å². The summed E-state index contributed by atoms with van der Waals surface area (Å²) in [5, 5.41) is 0. The molecule has 0 saturated heterocycles. The van der Waals surface area contributed by atoms with E-state index in [1.165, 1.54) is 14.1 Å². The van der Waals surface area contributed by atoms with Crippen LogP contribution in [0.5, 0.6) is 0 Å². The Hall–Kier alpha value is -0.160. The lowest BCUT2D eigenvalue weighted by Gasteiger charge is -2.05. The van der Waals surface area contributed by atoms with Gasteiger partial charge in [-0.05, 0) is 0 Å². The fourth-order valence-corrected chi connectivity index (χ4v) is 0.293. The van der Waals surface area contributed by atoms with E-state index < -0.39 is 16.0 Å². The van der Waals surface area contributed by atoms with Crippen LogP contribution in [0.4, 0.5) is 4.39 Å². The molecule has 0 aliphatic heterocycles. The topological polar surface area (TPSA) is 37.4 Å². The second-order valence-electron chi connectivity index (χ2n) is 1.50. The van der Waals surface area contributed by atoms with Crippen molar-refractivity contribution in [2.45, 2.75) is 0 Å². The highest BCUT2D eigenvalue weighted by Gasteiger charge is 2.10. The molecule has 5 heteroatoms. The monoisotopic (exact) mass is 141 g/mol. The van der Waals surface area contributed by atoms with Gasteiger partial charge < -0.3 is 0 Å². The number of hydrogen-bond donors (Lipinski definition) is 0. The largest absolute Gasteiger partial charge is 0.243 e. The van der Waals surface area contributed by atoms with Gasteiger partial charge in [0.2, 0.25) is 16.0 Å². The highest BCUT2D eigenvalue weighted by molar-refractivity contribution is 7.88. The van der Waals surface area contributed by atoms with Gasteiger partial charge in [0.1, 0.15) is 0 Å². The van der Waals surface area contributed by atoms with Crippen molar-refractivity contribution in [3.63, 3.8) is 0 Å². The molecule has 0 atom stereocenters. The van der Waals surface area contributed by atoms with Gasteiger partial charge in [-0.2, -0.15) is 0 Å². The van der Waals surface area contributed by atoms with Crippen LogP contribution in [-0.4, -0.2) is 32.8 Å². The average molecular weight is 141 g/mol. The van der Waals surface area contributed by atoms with Gasteiger partial charge in [0, 0.05) is 14.1 Å². The minimum absolute atomic E-state index is 0.840. The summed E-state index contributed by atoms with van der Waals surface area (Å²) in [6.45, 7) is 0. The fourth-order valence-electron chi connectivity index (χ4n) is 0.0976. The predicted octanol–water partition coefficient (Wildman–Crippen LogP) is -0.195. The van der Waals surface area contributed by atoms with E-state index in [1.807, 2.05) is 0 Å². The molecule has 50 valence electrons. The Morgan fingerprint density at radius 2 is 1.88 bits per heavy atom. The predicted molar refractivity (Wildman–Crippen MR) is 28.6 cm³/mol. The zero-order valence-corrected chi connectivity index (χ0v) is 5.57. The molecule has 0 spiro atoms. The van der Waals surface area contributed by atoms with Crippen molar-refractivity contribution in [2.24, 2.45) is 0 Å². The van der Waals surface area contributed by atoms with E-state index >= 15 is 0 Å². The van der Waals surface area contributed by atoms with E-state index in [2.05, 4.69) is 0 Å². The van der Waals surface area contributed by atoms with Crippen LogP contribution < -0.4 is 0 Å². The van der Waals surface area contributed by atoms with E-state index in [-0.39, 0.29) is 0 Å². The fraction of sp³-hybridized carbons (Fsp3) is 1.00. The summed E-state index contributed by atoms with van der Waals surface area (Å²) in [4.78, 5) is 0. The summed E-state index contributed by atoms with van der Waals surface area (Å²) in [6.07, 6.45) is 0. The van der Waals surface area contributed by atoms with Gasteiger partial charge >= 0.3 is 0 Å². The average Bonchev–Trinajstić information content (AvgIpc) is 1.67. The molecule has 0 aromatic heterocycles. The maximum absolute atomic E-state index is 11.4. The molecule has 0 rings (SSSR count). The highest BCUT2D eigenvalue weighted by atomic mass is 32.2. The minimum Gasteiger partial charge on any atom is -0.232 e. The van der Waals surface area contributed by atoms with Gasteiger partial charge in [-0.1, -0.05) is 0 Å². The maximum Gasteiger partial charge on any atom is 0.243 e. The minimum atomic E-state index is -3.57. The van der Waals surface area contributed by atoms with Crippen molar-refractivity contribution in [2.75, 3.05) is 20.1 Å². The molecule has 0 amide bonds. The Morgan fingerprint density at radius 1 is 1.50 bits per heavy atom. The molecule has 3 nitrogen and oxygen atoms in total.